The molecule has 0 saturated heterocycles. The molecule has 3 aromatic rings. The van der Waals surface area contributed by atoms with Crippen LogP contribution in [0.4, 0.5) is 0 Å². The number of aromatic hydroxyl groups is 2. The van der Waals surface area contributed by atoms with Crippen LogP contribution < -0.4 is 19.6 Å². The molecule has 0 aliphatic carbocycles. The Labute approximate surface area is 135 Å². The Kier molecular flexibility index (Phi) is 3.02. The third-order valence-corrected chi connectivity index (χ3v) is 3.85. The Hall–Kier alpha value is -3.35. The van der Waals surface area contributed by atoms with E-state index in [1.165, 1.54) is 13.4 Å². The number of ether oxygens (including phenoxy) is 3. The maximum absolute atomic E-state index is 12.8. The predicted molar refractivity (Wildman–Crippen MR) is 83.9 cm³/mol. The molecule has 0 amide bonds. The van der Waals surface area contributed by atoms with E-state index in [-0.39, 0.29) is 40.6 Å². The fourth-order valence-corrected chi connectivity index (χ4v) is 2.71. The van der Waals surface area contributed by atoms with E-state index in [1.54, 1.807) is 18.2 Å². The quantitative estimate of drug-likeness (QED) is 0.746. The number of rotatable bonds is 2. The molecule has 0 spiro atoms. The molecule has 1 aliphatic heterocycles. The van der Waals surface area contributed by atoms with Crippen molar-refractivity contribution in [3.8, 4) is 39.9 Å². The van der Waals surface area contributed by atoms with Crippen molar-refractivity contribution < 1.29 is 28.8 Å². The first-order valence-corrected chi connectivity index (χ1v) is 7.04. The molecule has 1 aliphatic rings. The Morgan fingerprint density at radius 2 is 1.88 bits per heavy atom. The van der Waals surface area contributed by atoms with Gasteiger partial charge in [0.25, 0.3) is 0 Å². The molecule has 24 heavy (non-hydrogen) atoms. The smallest absolute Gasteiger partial charge is 0.231 e. The van der Waals surface area contributed by atoms with E-state index in [9.17, 15) is 15.0 Å². The molecular weight excluding hydrogens is 316 g/mol. The van der Waals surface area contributed by atoms with Crippen molar-refractivity contribution in [2.24, 2.45) is 0 Å². The Morgan fingerprint density at radius 1 is 1.08 bits per heavy atom. The van der Waals surface area contributed by atoms with Gasteiger partial charge in [0.15, 0.2) is 22.8 Å². The summed E-state index contributed by atoms with van der Waals surface area (Å²) < 4.78 is 21.1. The van der Waals surface area contributed by atoms with E-state index in [2.05, 4.69) is 0 Å². The maximum Gasteiger partial charge on any atom is 0.231 e. The topological polar surface area (TPSA) is 98.4 Å². The second-order valence-corrected chi connectivity index (χ2v) is 5.20. The van der Waals surface area contributed by atoms with Gasteiger partial charge < -0.3 is 28.8 Å². The highest BCUT2D eigenvalue weighted by Crippen LogP contribution is 2.40. The fraction of sp³-hybridized carbons (Fsp3) is 0.118. The SMILES string of the molecule is COc1c(O)cc(O)c2c(=O)c(-c3ccc4c(c3)OCO4)coc12. The zero-order valence-corrected chi connectivity index (χ0v) is 12.5. The number of phenols is 2. The van der Waals surface area contributed by atoms with Crippen molar-refractivity contribution in [3.63, 3.8) is 0 Å². The van der Waals surface area contributed by atoms with Gasteiger partial charge in [-0.1, -0.05) is 6.07 Å². The van der Waals surface area contributed by atoms with Gasteiger partial charge in [-0.05, 0) is 17.7 Å². The summed E-state index contributed by atoms with van der Waals surface area (Å²) in [7, 11) is 1.33. The van der Waals surface area contributed by atoms with Crippen LogP contribution in [0, 0.1) is 0 Å². The lowest BCUT2D eigenvalue weighted by Gasteiger charge is -2.09. The largest absolute Gasteiger partial charge is 0.507 e. The molecule has 0 saturated carbocycles. The molecule has 2 N–H and O–H groups in total. The van der Waals surface area contributed by atoms with Crippen molar-refractivity contribution in [3.05, 3.63) is 40.8 Å². The van der Waals surface area contributed by atoms with Gasteiger partial charge in [0.1, 0.15) is 17.4 Å². The van der Waals surface area contributed by atoms with Crippen molar-refractivity contribution >= 4 is 11.0 Å². The van der Waals surface area contributed by atoms with Crippen molar-refractivity contribution in [2.75, 3.05) is 13.9 Å². The van der Waals surface area contributed by atoms with Gasteiger partial charge in [-0.25, -0.2) is 0 Å². The molecule has 0 atom stereocenters. The first kappa shape index (κ1) is 14.3. The molecule has 122 valence electrons. The monoisotopic (exact) mass is 328 g/mol. The second-order valence-electron chi connectivity index (χ2n) is 5.20. The van der Waals surface area contributed by atoms with Gasteiger partial charge in [0, 0.05) is 6.07 Å². The summed E-state index contributed by atoms with van der Waals surface area (Å²) >= 11 is 0. The number of phenolic OH excluding ortho intramolecular Hbond substituents is 2. The van der Waals surface area contributed by atoms with E-state index in [0.717, 1.165) is 6.07 Å². The molecular formula is C17H12O7. The fourth-order valence-electron chi connectivity index (χ4n) is 2.71. The van der Waals surface area contributed by atoms with E-state index >= 15 is 0 Å². The summed E-state index contributed by atoms with van der Waals surface area (Å²) in [5.74, 6) is 0.399. The van der Waals surface area contributed by atoms with Crippen LogP contribution in [0.25, 0.3) is 22.1 Å². The molecule has 0 unspecified atom stereocenters. The van der Waals surface area contributed by atoms with Crippen LogP contribution in [0.3, 0.4) is 0 Å². The maximum atomic E-state index is 12.8. The lowest BCUT2D eigenvalue weighted by molar-refractivity contribution is 0.174. The summed E-state index contributed by atoms with van der Waals surface area (Å²) in [6.45, 7) is 0.127. The summed E-state index contributed by atoms with van der Waals surface area (Å²) in [6.07, 6.45) is 1.25. The van der Waals surface area contributed by atoms with E-state index in [4.69, 9.17) is 18.6 Å². The number of benzene rings is 2. The Morgan fingerprint density at radius 3 is 2.67 bits per heavy atom. The first-order chi connectivity index (χ1) is 11.6. The Balaban J connectivity index is 1.99. The zero-order valence-electron chi connectivity index (χ0n) is 12.5. The number of fused-ring (bicyclic) bond motifs is 2. The van der Waals surface area contributed by atoms with E-state index < -0.39 is 5.43 Å². The normalized spacial score (nSPS) is 12.5. The second kappa shape index (κ2) is 5.09. The number of hydrogen-bond acceptors (Lipinski definition) is 7. The predicted octanol–water partition coefficient (Wildman–Crippen LogP) is 2.61. The first-order valence-electron chi connectivity index (χ1n) is 7.04. The van der Waals surface area contributed by atoms with Crippen molar-refractivity contribution in [1.29, 1.82) is 0 Å². The zero-order chi connectivity index (χ0) is 16.8. The molecule has 4 rings (SSSR count). The average molecular weight is 328 g/mol. The van der Waals surface area contributed by atoms with Crippen LogP contribution in [0.2, 0.25) is 0 Å². The Bertz CT molecular complexity index is 1020. The van der Waals surface area contributed by atoms with Gasteiger partial charge in [0.2, 0.25) is 18.0 Å². The molecule has 2 aromatic carbocycles. The summed E-state index contributed by atoms with van der Waals surface area (Å²) in [5, 5.41) is 19.8. The van der Waals surface area contributed by atoms with Crippen LogP contribution in [-0.4, -0.2) is 24.1 Å². The summed E-state index contributed by atoms with van der Waals surface area (Å²) in [4.78, 5) is 12.8. The molecule has 1 aromatic heterocycles. The van der Waals surface area contributed by atoms with Crippen LogP contribution in [0.5, 0.6) is 28.7 Å². The highest BCUT2D eigenvalue weighted by Gasteiger charge is 2.21. The molecule has 7 nitrogen and oxygen atoms in total. The third kappa shape index (κ3) is 1.95. The van der Waals surface area contributed by atoms with Crippen molar-refractivity contribution in [2.45, 2.75) is 0 Å². The average Bonchev–Trinajstić information content (AvgIpc) is 3.02. The highest BCUT2D eigenvalue weighted by atomic mass is 16.7. The summed E-state index contributed by atoms with van der Waals surface area (Å²) in [5.41, 5.74) is 0.320. The highest BCUT2D eigenvalue weighted by molar-refractivity contribution is 5.93. The standard InChI is InChI=1S/C17H12O7/c1-21-16-11(19)5-10(18)14-15(20)9(6-22-17(14)16)8-2-3-12-13(4-8)24-7-23-12/h2-6,18-19H,7H2,1H3. The van der Waals surface area contributed by atoms with Gasteiger partial charge in [-0.3, -0.25) is 4.79 Å². The third-order valence-electron chi connectivity index (χ3n) is 3.85. The van der Waals surface area contributed by atoms with Crippen LogP contribution in [0.15, 0.2) is 39.7 Å². The van der Waals surface area contributed by atoms with Crippen LogP contribution in [0.1, 0.15) is 0 Å². The van der Waals surface area contributed by atoms with Gasteiger partial charge in [0.05, 0.1) is 12.7 Å². The minimum Gasteiger partial charge on any atom is -0.507 e. The van der Waals surface area contributed by atoms with Crippen LogP contribution in [-0.2, 0) is 0 Å². The molecule has 7 heteroatoms. The molecule has 0 bridgehead atoms. The number of methoxy groups -OCH3 is 1. The number of hydrogen-bond donors (Lipinski definition) is 2. The van der Waals surface area contributed by atoms with Crippen molar-refractivity contribution in [1.82, 2.24) is 0 Å². The minimum absolute atomic E-state index is 0.0165. The van der Waals surface area contributed by atoms with E-state index in [0.29, 0.717) is 17.1 Å². The minimum atomic E-state index is -0.453. The van der Waals surface area contributed by atoms with Gasteiger partial charge >= 0.3 is 0 Å². The summed E-state index contributed by atoms with van der Waals surface area (Å²) in [6, 6.07) is 6.09. The van der Waals surface area contributed by atoms with Gasteiger partial charge in [-0.2, -0.15) is 0 Å². The van der Waals surface area contributed by atoms with Crippen LogP contribution >= 0.6 is 0 Å². The lowest BCUT2D eigenvalue weighted by Crippen LogP contribution is -2.06. The molecule has 2 heterocycles. The lowest BCUT2D eigenvalue weighted by atomic mass is 10.0. The van der Waals surface area contributed by atoms with E-state index in [1.807, 2.05) is 0 Å². The molecule has 0 radical (unpaired) electrons. The van der Waals surface area contributed by atoms with Gasteiger partial charge in [-0.15, -0.1) is 0 Å². The molecule has 0 fully saturated rings.